The van der Waals surface area contributed by atoms with Crippen molar-refractivity contribution in [3.05, 3.63) is 48.5 Å². The first-order chi connectivity index (χ1) is 12.2. The van der Waals surface area contributed by atoms with Gasteiger partial charge in [0.05, 0.1) is 19.3 Å². The van der Waals surface area contributed by atoms with Crippen molar-refractivity contribution in [3.8, 4) is 16.9 Å². The van der Waals surface area contributed by atoms with Gasteiger partial charge in [-0.3, -0.25) is 0 Å². The molecule has 1 fully saturated rings. The fraction of sp³-hybridized carbons (Fsp3) is 0.350. The van der Waals surface area contributed by atoms with Gasteiger partial charge in [-0.25, -0.2) is 4.79 Å². The van der Waals surface area contributed by atoms with Crippen LogP contribution in [0.3, 0.4) is 0 Å². The number of carbonyl (C=O) groups is 1. The summed E-state index contributed by atoms with van der Waals surface area (Å²) in [5.74, 6) is 0.787. The number of anilines is 1. The minimum atomic E-state index is -0.459. The molecule has 0 aromatic heterocycles. The van der Waals surface area contributed by atoms with Crippen LogP contribution in [-0.4, -0.2) is 30.4 Å². The molecule has 2 unspecified atom stereocenters. The predicted molar refractivity (Wildman–Crippen MR) is 98.8 cm³/mol. The second-order valence-electron chi connectivity index (χ2n) is 6.34. The molecule has 0 spiro atoms. The summed E-state index contributed by atoms with van der Waals surface area (Å²) < 4.78 is 5.41. The van der Waals surface area contributed by atoms with Gasteiger partial charge in [-0.05, 0) is 36.6 Å². The maximum Gasteiger partial charge on any atom is 0.319 e. The lowest BCUT2D eigenvalue weighted by Crippen LogP contribution is -2.46. The third kappa shape index (κ3) is 4.31. The topological polar surface area (TPSA) is 70.6 Å². The van der Waals surface area contributed by atoms with Crippen LogP contribution < -0.4 is 15.4 Å². The Bertz CT molecular complexity index is 732. The first kappa shape index (κ1) is 17.3. The van der Waals surface area contributed by atoms with E-state index in [1.54, 1.807) is 7.11 Å². The molecule has 3 N–H and O–H groups in total. The number of methoxy groups -OCH3 is 1. The highest BCUT2D eigenvalue weighted by atomic mass is 16.5. The third-order valence-corrected chi connectivity index (χ3v) is 4.58. The van der Waals surface area contributed by atoms with Crippen molar-refractivity contribution in [2.45, 2.75) is 37.8 Å². The van der Waals surface area contributed by atoms with Gasteiger partial charge < -0.3 is 20.5 Å². The molecule has 2 aromatic rings. The Morgan fingerprint density at radius 2 is 1.92 bits per heavy atom. The van der Waals surface area contributed by atoms with Crippen molar-refractivity contribution in [1.82, 2.24) is 5.32 Å². The van der Waals surface area contributed by atoms with Gasteiger partial charge in [-0.15, -0.1) is 0 Å². The number of hydrogen-bond donors (Lipinski definition) is 3. The molecule has 1 aliphatic carbocycles. The highest BCUT2D eigenvalue weighted by Gasteiger charge is 2.24. The van der Waals surface area contributed by atoms with E-state index in [2.05, 4.69) is 10.6 Å². The summed E-state index contributed by atoms with van der Waals surface area (Å²) in [6, 6.07) is 14.9. The highest BCUT2D eigenvalue weighted by Crippen LogP contribution is 2.31. The molecular formula is C20H24N2O3. The van der Waals surface area contributed by atoms with Crippen molar-refractivity contribution in [2.24, 2.45) is 0 Å². The molecule has 0 radical (unpaired) electrons. The van der Waals surface area contributed by atoms with Crippen LogP contribution in [-0.2, 0) is 0 Å². The van der Waals surface area contributed by atoms with E-state index in [0.717, 1.165) is 42.6 Å². The molecule has 0 aliphatic heterocycles. The number of nitrogens with one attached hydrogen (secondary N) is 2. The van der Waals surface area contributed by atoms with Gasteiger partial charge in [0, 0.05) is 11.3 Å². The van der Waals surface area contributed by atoms with Crippen LogP contribution in [0.1, 0.15) is 25.7 Å². The summed E-state index contributed by atoms with van der Waals surface area (Å²) in [6.45, 7) is 0. The Morgan fingerprint density at radius 3 is 2.72 bits per heavy atom. The second kappa shape index (κ2) is 8.03. The van der Waals surface area contributed by atoms with Crippen LogP contribution in [0.15, 0.2) is 48.5 Å². The first-order valence-electron chi connectivity index (χ1n) is 8.66. The average molecular weight is 340 g/mol. The summed E-state index contributed by atoms with van der Waals surface area (Å²) >= 11 is 0. The molecule has 0 heterocycles. The molecular weight excluding hydrogens is 316 g/mol. The van der Waals surface area contributed by atoms with E-state index in [9.17, 15) is 9.90 Å². The maximum absolute atomic E-state index is 12.2. The predicted octanol–water partition coefficient (Wildman–Crippen LogP) is 3.79. The second-order valence-corrected chi connectivity index (χ2v) is 6.34. The number of aliphatic hydroxyl groups excluding tert-OH is 1. The number of benzene rings is 2. The molecule has 2 atom stereocenters. The van der Waals surface area contributed by atoms with Crippen molar-refractivity contribution >= 4 is 11.7 Å². The quantitative estimate of drug-likeness (QED) is 0.793. The minimum Gasteiger partial charge on any atom is -0.496 e. The zero-order valence-electron chi connectivity index (χ0n) is 14.4. The van der Waals surface area contributed by atoms with E-state index in [1.165, 1.54) is 0 Å². The van der Waals surface area contributed by atoms with Gasteiger partial charge in [0.1, 0.15) is 5.75 Å². The van der Waals surface area contributed by atoms with E-state index < -0.39 is 6.10 Å². The number of aliphatic hydroxyl groups is 1. The van der Waals surface area contributed by atoms with E-state index >= 15 is 0 Å². The van der Waals surface area contributed by atoms with E-state index in [1.807, 2.05) is 48.5 Å². The van der Waals surface area contributed by atoms with Crippen molar-refractivity contribution in [3.63, 3.8) is 0 Å². The van der Waals surface area contributed by atoms with Gasteiger partial charge in [-0.2, -0.15) is 0 Å². The Balaban J connectivity index is 1.70. The van der Waals surface area contributed by atoms with Gasteiger partial charge in [-0.1, -0.05) is 43.2 Å². The molecule has 5 heteroatoms. The summed E-state index contributed by atoms with van der Waals surface area (Å²) in [6.07, 6.45) is 3.15. The molecule has 5 nitrogen and oxygen atoms in total. The maximum atomic E-state index is 12.2. The smallest absolute Gasteiger partial charge is 0.319 e. The lowest BCUT2D eigenvalue weighted by molar-refractivity contribution is 0.0955. The van der Waals surface area contributed by atoms with Gasteiger partial charge >= 0.3 is 6.03 Å². The highest BCUT2D eigenvalue weighted by molar-refractivity contribution is 5.90. The number of amides is 2. The lowest BCUT2D eigenvalue weighted by Gasteiger charge is -2.28. The molecule has 25 heavy (non-hydrogen) atoms. The lowest BCUT2D eigenvalue weighted by atomic mass is 9.93. The monoisotopic (exact) mass is 340 g/mol. The molecule has 0 bridgehead atoms. The molecule has 1 saturated carbocycles. The zero-order valence-corrected chi connectivity index (χ0v) is 14.4. The Hall–Kier alpha value is -2.53. The van der Waals surface area contributed by atoms with Crippen LogP contribution in [0, 0.1) is 0 Å². The number of para-hydroxylation sites is 1. The summed E-state index contributed by atoms with van der Waals surface area (Å²) in [7, 11) is 1.64. The summed E-state index contributed by atoms with van der Waals surface area (Å²) in [5.41, 5.74) is 2.64. The van der Waals surface area contributed by atoms with E-state index in [4.69, 9.17) is 4.74 Å². The van der Waals surface area contributed by atoms with Crippen LogP contribution in [0.25, 0.3) is 11.1 Å². The molecule has 0 saturated heterocycles. The SMILES string of the molecule is COc1ccccc1-c1cccc(NC(=O)NC2CCCCC2O)c1. The number of carbonyl (C=O) groups excluding carboxylic acids is 1. The first-order valence-corrected chi connectivity index (χ1v) is 8.66. The molecule has 2 aromatic carbocycles. The van der Waals surface area contributed by atoms with Crippen LogP contribution in [0.2, 0.25) is 0 Å². The fourth-order valence-electron chi connectivity index (χ4n) is 3.26. The number of ether oxygens (including phenoxy) is 1. The zero-order chi connectivity index (χ0) is 17.6. The summed E-state index contributed by atoms with van der Waals surface area (Å²) in [5, 5.41) is 15.7. The number of hydrogen-bond acceptors (Lipinski definition) is 3. The van der Waals surface area contributed by atoms with Crippen molar-refractivity contribution in [2.75, 3.05) is 12.4 Å². The molecule has 3 rings (SSSR count). The summed E-state index contributed by atoms with van der Waals surface area (Å²) in [4.78, 5) is 12.2. The van der Waals surface area contributed by atoms with Crippen LogP contribution in [0.4, 0.5) is 10.5 Å². The van der Waals surface area contributed by atoms with Gasteiger partial charge in [0.25, 0.3) is 0 Å². The molecule has 132 valence electrons. The van der Waals surface area contributed by atoms with Gasteiger partial charge in [0.2, 0.25) is 0 Å². The number of rotatable bonds is 4. The van der Waals surface area contributed by atoms with Gasteiger partial charge in [0.15, 0.2) is 0 Å². The van der Waals surface area contributed by atoms with Crippen molar-refractivity contribution in [1.29, 1.82) is 0 Å². The molecule has 1 aliphatic rings. The third-order valence-electron chi connectivity index (χ3n) is 4.58. The Labute approximate surface area is 148 Å². The largest absolute Gasteiger partial charge is 0.496 e. The van der Waals surface area contributed by atoms with Crippen molar-refractivity contribution < 1.29 is 14.6 Å². The minimum absolute atomic E-state index is 0.175. The van der Waals surface area contributed by atoms with E-state index in [0.29, 0.717) is 5.69 Å². The standard InChI is InChI=1S/C20H24N2O3/c1-25-19-12-5-2-9-16(19)14-7-6-8-15(13-14)21-20(24)22-17-10-3-4-11-18(17)23/h2,5-9,12-13,17-18,23H,3-4,10-11H2,1H3,(H2,21,22,24). The Kier molecular flexibility index (Phi) is 5.56. The normalized spacial score (nSPS) is 19.9. The Morgan fingerprint density at radius 1 is 1.12 bits per heavy atom. The van der Waals surface area contributed by atoms with E-state index in [-0.39, 0.29) is 12.1 Å². The average Bonchev–Trinajstić information content (AvgIpc) is 2.64. The van der Waals surface area contributed by atoms with Crippen LogP contribution >= 0.6 is 0 Å². The fourth-order valence-corrected chi connectivity index (χ4v) is 3.26. The molecule has 2 amide bonds. The van der Waals surface area contributed by atoms with Crippen LogP contribution in [0.5, 0.6) is 5.75 Å². The number of urea groups is 1.